The molecule has 15 heavy (non-hydrogen) atoms. The monoisotopic (exact) mass is 224 g/mol. The van der Waals surface area contributed by atoms with Crippen molar-refractivity contribution in [1.82, 2.24) is 9.55 Å². The Morgan fingerprint density at radius 2 is 2.47 bits per heavy atom. The fourth-order valence-corrected chi connectivity index (χ4v) is 1.55. The number of halogens is 1. The second kappa shape index (κ2) is 3.90. The van der Waals surface area contributed by atoms with Gasteiger partial charge < -0.3 is 8.98 Å². The van der Waals surface area contributed by atoms with Crippen molar-refractivity contribution < 1.29 is 9.21 Å². The fraction of sp³-hybridized carbons (Fsp3) is 0.200. The third-order valence-corrected chi connectivity index (χ3v) is 2.41. The lowest BCUT2D eigenvalue weighted by Crippen LogP contribution is -2.10. The highest BCUT2D eigenvalue weighted by Gasteiger charge is 2.19. The minimum atomic E-state index is -0.222. The van der Waals surface area contributed by atoms with Gasteiger partial charge in [0, 0.05) is 18.9 Å². The number of hydrogen-bond donors (Lipinski definition) is 0. The number of hydrogen-bond acceptors (Lipinski definition) is 3. The van der Waals surface area contributed by atoms with Gasteiger partial charge in [-0.2, -0.15) is 0 Å². The van der Waals surface area contributed by atoms with Crippen LogP contribution < -0.4 is 0 Å². The number of imidazole rings is 1. The number of furan rings is 1. The van der Waals surface area contributed by atoms with Crippen LogP contribution in [0.4, 0.5) is 0 Å². The van der Waals surface area contributed by atoms with Crippen LogP contribution in [0.2, 0.25) is 5.22 Å². The smallest absolute Gasteiger partial charge is 0.233 e. The van der Waals surface area contributed by atoms with E-state index < -0.39 is 0 Å². The summed E-state index contributed by atoms with van der Waals surface area (Å²) in [5.41, 5.74) is 0.345. The Bertz CT molecular complexity index is 487. The normalized spacial score (nSPS) is 10.5. The molecule has 0 spiro atoms. The minimum Gasteiger partial charge on any atom is -0.452 e. The predicted molar refractivity (Wildman–Crippen MR) is 55.1 cm³/mol. The zero-order chi connectivity index (χ0) is 10.8. The van der Waals surface area contributed by atoms with Gasteiger partial charge in [0.25, 0.3) is 0 Å². The summed E-state index contributed by atoms with van der Waals surface area (Å²) >= 11 is 5.72. The molecule has 0 atom stereocenters. The van der Waals surface area contributed by atoms with Crippen molar-refractivity contribution in [2.45, 2.75) is 13.5 Å². The highest BCUT2D eigenvalue weighted by molar-refractivity contribution is 6.33. The summed E-state index contributed by atoms with van der Waals surface area (Å²) < 4.78 is 6.62. The van der Waals surface area contributed by atoms with Gasteiger partial charge in [-0.25, -0.2) is 4.98 Å². The maximum Gasteiger partial charge on any atom is 0.233 e. The molecule has 0 aromatic carbocycles. The summed E-state index contributed by atoms with van der Waals surface area (Å²) in [6.07, 6.45) is 4.72. The molecule has 78 valence electrons. The largest absolute Gasteiger partial charge is 0.452 e. The average molecular weight is 225 g/mol. The number of ketones is 1. The molecule has 5 heteroatoms. The summed E-state index contributed by atoms with van der Waals surface area (Å²) in [5.74, 6) is 0.154. The van der Waals surface area contributed by atoms with Crippen LogP contribution in [0.1, 0.15) is 23.1 Å². The molecule has 0 aliphatic carbocycles. The van der Waals surface area contributed by atoms with E-state index in [1.165, 1.54) is 6.26 Å². The Kier molecular flexibility index (Phi) is 2.60. The number of carbonyl (C=O) groups is 1. The first-order valence-electron chi connectivity index (χ1n) is 4.53. The molecule has 2 aromatic rings. The van der Waals surface area contributed by atoms with E-state index in [-0.39, 0.29) is 11.0 Å². The Labute approximate surface area is 91.5 Å². The van der Waals surface area contributed by atoms with E-state index in [2.05, 4.69) is 4.98 Å². The minimum absolute atomic E-state index is 0.102. The number of aryl methyl sites for hydroxylation is 1. The van der Waals surface area contributed by atoms with Gasteiger partial charge >= 0.3 is 0 Å². The standard InChI is InChI=1S/C10H9ClN2O2/c1-2-13-5-4-12-10(13)8(14)7-3-6-15-9(7)11/h3-6H,2H2,1H3. The summed E-state index contributed by atoms with van der Waals surface area (Å²) in [6.45, 7) is 2.63. The average Bonchev–Trinajstić information content (AvgIpc) is 2.84. The number of aromatic nitrogens is 2. The van der Waals surface area contributed by atoms with Crippen molar-refractivity contribution in [3.8, 4) is 0 Å². The second-order valence-electron chi connectivity index (χ2n) is 2.97. The van der Waals surface area contributed by atoms with Gasteiger partial charge in [-0.15, -0.1) is 0 Å². The molecule has 0 fully saturated rings. The van der Waals surface area contributed by atoms with Gasteiger partial charge in [0.1, 0.15) is 0 Å². The fourth-order valence-electron chi connectivity index (χ4n) is 1.35. The summed E-state index contributed by atoms with van der Waals surface area (Å²) in [6, 6.07) is 1.54. The van der Waals surface area contributed by atoms with Gasteiger partial charge in [0.05, 0.1) is 11.8 Å². The maximum absolute atomic E-state index is 11.9. The van der Waals surface area contributed by atoms with Gasteiger partial charge in [-0.1, -0.05) is 0 Å². The summed E-state index contributed by atoms with van der Waals surface area (Å²) in [7, 11) is 0. The van der Waals surface area contributed by atoms with E-state index in [1.54, 1.807) is 23.0 Å². The molecule has 2 aromatic heterocycles. The predicted octanol–water partition coefficient (Wildman–Crippen LogP) is 2.38. The van der Waals surface area contributed by atoms with Crippen LogP contribution in [0.5, 0.6) is 0 Å². The Morgan fingerprint density at radius 3 is 3.07 bits per heavy atom. The third kappa shape index (κ3) is 1.68. The van der Waals surface area contributed by atoms with Crippen LogP contribution >= 0.6 is 11.6 Å². The maximum atomic E-state index is 11.9. The second-order valence-corrected chi connectivity index (χ2v) is 3.32. The van der Waals surface area contributed by atoms with Crippen LogP contribution in [0, 0.1) is 0 Å². The van der Waals surface area contributed by atoms with E-state index in [4.69, 9.17) is 16.0 Å². The molecule has 0 radical (unpaired) electrons. The highest BCUT2D eigenvalue weighted by atomic mass is 35.5. The Balaban J connectivity index is 2.41. The first-order chi connectivity index (χ1) is 7.24. The molecular weight excluding hydrogens is 216 g/mol. The molecule has 0 saturated heterocycles. The van der Waals surface area contributed by atoms with E-state index >= 15 is 0 Å². The van der Waals surface area contributed by atoms with Crippen molar-refractivity contribution in [2.24, 2.45) is 0 Å². The highest BCUT2D eigenvalue weighted by Crippen LogP contribution is 2.19. The molecule has 0 bridgehead atoms. The van der Waals surface area contributed by atoms with Crippen molar-refractivity contribution in [2.75, 3.05) is 0 Å². The lowest BCUT2D eigenvalue weighted by molar-refractivity contribution is 0.102. The number of nitrogens with zero attached hydrogens (tertiary/aromatic N) is 2. The molecule has 0 aliphatic heterocycles. The molecule has 2 heterocycles. The van der Waals surface area contributed by atoms with Gasteiger partial charge in [-0.05, 0) is 24.6 Å². The molecular formula is C10H9ClN2O2. The van der Waals surface area contributed by atoms with Crippen molar-refractivity contribution in [3.63, 3.8) is 0 Å². The molecule has 2 rings (SSSR count). The number of rotatable bonds is 3. The van der Waals surface area contributed by atoms with Crippen molar-refractivity contribution in [1.29, 1.82) is 0 Å². The number of carbonyl (C=O) groups excluding carboxylic acids is 1. The lowest BCUT2D eigenvalue weighted by atomic mass is 10.2. The lowest BCUT2D eigenvalue weighted by Gasteiger charge is -2.01. The van der Waals surface area contributed by atoms with Crippen LogP contribution in [-0.4, -0.2) is 15.3 Å². The van der Waals surface area contributed by atoms with Gasteiger partial charge in [0.15, 0.2) is 5.82 Å². The first kappa shape index (κ1) is 9.98. The molecule has 0 N–H and O–H groups in total. The summed E-state index contributed by atoms with van der Waals surface area (Å²) in [4.78, 5) is 15.9. The van der Waals surface area contributed by atoms with Crippen molar-refractivity contribution in [3.05, 3.63) is 41.3 Å². The molecule has 0 amide bonds. The van der Waals surface area contributed by atoms with E-state index in [1.807, 2.05) is 6.92 Å². The zero-order valence-corrected chi connectivity index (χ0v) is 8.86. The van der Waals surface area contributed by atoms with Crippen molar-refractivity contribution >= 4 is 17.4 Å². The third-order valence-electron chi connectivity index (χ3n) is 2.12. The molecule has 4 nitrogen and oxygen atoms in total. The van der Waals surface area contributed by atoms with Gasteiger partial charge in [0.2, 0.25) is 11.0 Å². The molecule has 0 saturated carbocycles. The van der Waals surface area contributed by atoms with E-state index in [0.29, 0.717) is 17.9 Å². The van der Waals surface area contributed by atoms with Crippen LogP contribution in [0.3, 0.4) is 0 Å². The molecule has 0 unspecified atom stereocenters. The molecule has 0 aliphatic rings. The van der Waals surface area contributed by atoms with Crippen LogP contribution in [0.25, 0.3) is 0 Å². The topological polar surface area (TPSA) is 48.0 Å². The van der Waals surface area contributed by atoms with Crippen LogP contribution in [-0.2, 0) is 6.54 Å². The van der Waals surface area contributed by atoms with E-state index in [0.717, 1.165) is 0 Å². The quantitative estimate of drug-likeness (QED) is 0.752. The van der Waals surface area contributed by atoms with Gasteiger partial charge in [-0.3, -0.25) is 4.79 Å². The Morgan fingerprint density at radius 1 is 1.67 bits per heavy atom. The van der Waals surface area contributed by atoms with Crippen LogP contribution in [0.15, 0.2) is 29.1 Å². The summed E-state index contributed by atoms with van der Waals surface area (Å²) in [5, 5.41) is 0.102. The SMILES string of the molecule is CCn1ccnc1C(=O)c1ccoc1Cl. The van der Waals surface area contributed by atoms with E-state index in [9.17, 15) is 4.79 Å². The first-order valence-corrected chi connectivity index (χ1v) is 4.90. The zero-order valence-electron chi connectivity index (χ0n) is 8.11. The Hall–Kier alpha value is -1.55.